The number of hydrogen-bond donors (Lipinski definition) is 0. The minimum atomic E-state index is -3.30. The Morgan fingerprint density at radius 3 is 2.43 bits per heavy atom. The van der Waals surface area contributed by atoms with E-state index in [-0.39, 0.29) is 24.6 Å². The second kappa shape index (κ2) is 6.50. The van der Waals surface area contributed by atoms with Gasteiger partial charge >= 0.3 is 0 Å². The summed E-state index contributed by atoms with van der Waals surface area (Å²) in [5.74, 6) is 0.430. The zero-order valence-electron chi connectivity index (χ0n) is 12.1. The molecule has 0 saturated carbocycles. The average molecular weight is 335 g/mol. The third-order valence-electron chi connectivity index (χ3n) is 3.69. The van der Waals surface area contributed by atoms with Crippen LogP contribution in [0, 0.1) is 0 Å². The highest BCUT2D eigenvalue weighted by molar-refractivity contribution is 7.91. The first-order chi connectivity index (χ1) is 9.85. The first kappa shape index (κ1) is 16.5. The quantitative estimate of drug-likeness (QED) is 0.784. The molecule has 1 aromatic rings. The van der Waals surface area contributed by atoms with E-state index in [1.54, 1.807) is 12.1 Å². The van der Waals surface area contributed by atoms with Crippen LogP contribution in [0.4, 0.5) is 0 Å². The van der Waals surface area contributed by atoms with Gasteiger partial charge in [-0.25, -0.2) is 21.1 Å². The zero-order valence-corrected chi connectivity index (χ0v) is 13.7. The first-order valence-electron chi connectivity index (χ1n) is 7.07. The lowest BCUT2D eigenvalue weighted by molar-refractivity contribution is 0.345. The van der Waals surface area contributed by atoms with Crippen molar-refractivity contribution in [3.63, 3.8) is 0 Å². The van der Waals surface area contributed by atoms with E-state index in [1.165, 1.54) is 10.6 Å². The third-order valence-corrected chi connectivity index (χ3v) is 7.94. The van der Waals surface area contributed by atoms with Crippen molar-refractivity contribution in [2.45, 2.75) is 37.2 Å². The molecule has 0 aliphatic carbocycles. The van der Waals surface area contributed by atoms with Crippen molar-refractivity contribution in [3.8, 4) is 0 Å². The molecule has 2 heterocycles. The van der Waals surface area contributed by atoms with Gasteiger partial charge in [-0.15, -0.1) is 0 Å². The lowest BCUT2D eigenvalue weighted by Gasteiger charge is -2.30. The molecule has 21 heavy (non-hydrogen) atoms. The van der Waals surface area contributed by atoms with E-state index in [2.05, 4.69) is 0 Å². The van der Waals surface area contributed by atoms with Crippen LogP contribution in [-0.2, 0) is 25.6 Å². The molecule has 1 aliphatic rings. The van der Waals surface area contributed by atoms with Gasteiger partial charge in [-0.05, 0) is 31.4 Å². The van der Waals surface area contributed by atoms with Crippen LogP contribution in [0.3, 0.4) is 0 Å². The largest absolute Gasteiger partial charge is 0.468 e. The highest BCUT2D eigenvalue weighted by atomic mass is 32.2. The topological polar surface area (TPSA) is 84.7 Å². The van der Waals surface area contributed by atoms with Crippen LogP contribution in [0.1, 0.15) is 31.9 Å². The Kier molecular flexibility index (Phi) is 5.11. The van der Waals surface area contributed by atoms with Gasteiger partial charge in [0.2, 0.25) is 10.0 Å². The lowest BCUT2D eigenvalue weighted by Crippen LogP contribution is -2.43. The molecule has 0 radical (unpaired) electrons. The van der Waals surface area contributed by atoms with Crippen LogP contribution >= 0.6 is 0 Å². The van der Waals surface area contributed by atoms with Crippen molar-refractivity contribution >= 4 is 19.9 Å². The predicted octanol–water partition coefficient (Wildman–Crippen LogP) is 1.40. The molecule has 120 valence electrons. The van der Waals surface area contributed by atoms with Crippen LogP contribution in [0.25, 0.3) is 0 Å². The summed E-state index contributed by atoms with van der Waals surface area (Å²) >= 11 is 0. The van der Waals surface area contributed by atoms with Crippen LogP contribution in [0.15, 0.2) is 22.8 Å². The maximum Gasteiger partial charge on any atom is 0.214 e. The van der Waals surface area contributed by atoms with Gasteiger partial charge in [0.1, 0.15) is 11.5 Å². The molecule has 1 aromatic heterocycles. The molecule has 1 aliphatic heterocycles. The van der Waals surface area contributed by atoms with Crippen LogP contribution in [-0.4, -0.2) is 45.2 Å². The van der Waals surface area contributed by atoms with Crippen LogP contribution in [0.2, 0.25) is 0 Å². The summed E-state index contributed by atoms with van der Waals surface area (Å²) in [7, 11) is -6.53. The Morgan fingerprint density at radius 2 is 1.90 bits per heavy atom. The second-order valence-corrected chi connectivity index (χ2v) is 9.67. The van der Waals surface area contributed by atoms with E-state index in [9.17, 15) is 16.8 Å². The van der Waals surface area contributed by atoms with E-state index in [1.807, 2.05) is 6.92 Å². The molecule has 0 N–H and O–H groups in total. The average Bonchev–Trinajstić information content (AvgIpc) is 2.91. The fourth-order valence-electron chi connectivity index (χ4n) is 2.57. The number of sulfone groups is 1. The van der Waals surface area contributed by atoms with Crippen molar-refractivity contribution < 1.29 is 21.3 Å². The Hall–Kier alpha value is -0.860. The van der Waals surface area contributed by atoms with E-state index in [4.69, 9.17) is 4.42 Å². The molecular weight excluding hydrogens is 314 g/mol. The number of nitrogens with zero attached hydrogens (tertiary/aromatic N) is 1. The number of rotatable bonds is 6. The van der Waals surface area contributed by atoms with Gasteiger partial charge in [0.25, 0.3) is 0 Å². The minimum Gasteiger partial charge on any atom is -0.468 e. The van der Waals surface area contributed by atoms with Gasteiger partial charge in [0.15, 0.2) is 9.84 Å². The molecule has 0 unspecified atom stereocenters. The van der Waals surface area contributed by atoms with Gasteiger partial charge in [0, 0.05) is 13.1 Å². The highest BCUT2D eigenvalue weighted by Gasteiger charge is 2.34. The molecule has 8 heteroatoms. The predicted molar refractivity (Wildman–Crippen MR) is 80.0 cm³/mol. The van der Waals surface area contributed by atoms with Gasteiger partial charge in [-0.2, -0.15) is 0 Å². The number of sulfonamides is 1. The summed E-state index contributed by atoms with van der Waals surface area (Å²) in [5.41, 5.74) is 0. The molecule has 0 atom stereocenters. The molecule has 2 rings (SSSR count). The summed E-state index contributed by atoms with van der Waals surface area (Å²) in [6, 6.07) is 3.29. The zero-order chi connectivity index (χ0) is 15.5. The number of hydrogen-bond acceptors (Lipinski definition) is 5. The van der Waals surface area contributed by atoms with Crippen LogP contribution < -0.4 is 0 Å². The fourth-order valence-corrected chi connectivity index (χ4v) is 5.83. The Labute approximate surface area is 126 Å². The molecular formula is C13H21NO5S2. The van der Waals surface area contributed by atoms with Gasteiger partial charge in [0.05, 0.1) is 17.3 Å². The van der Waals surface area contributed by atoms with Crippen molar-refractivity contribution in [1.82, 2.24) is 4.31 Å². The molecule has 0 amide bonds. The molecule has 6 nitrogen and oxygen atoms in total. The van der Waals surface area contributed by atoms with Gasteiger partial charge in [-0.1, -0.05) is 6.92 Å². The summed E-state index contributed by atoms with van der Waals surface area (Å²) in [6.07, 6.45) is 2.72. The molecule has 0 aromatic carbocycles. The Bertz CT molecular complexity index is 641. The van der Waals surface area contributed by atoms with Crippen molar-refractivity contribution in [1.29, 1.82) is 0 Å². The Balaban J connectivity index is 1.97. The maximum absolute atomic E-state index is 12.3. The summed E-state index contributed by atoms with van der Waals surface area (Å²) in [5, 5.41) is -0.490. The first-order valence-corrected chi connectivity index (χ1v) is 10.4. The van der Waals surface area contributed by atoms with E-state index in [0.717, 1.165) is 0 Å². The van der Waals surface area contributed by atoms with E-state index < -0.39 is 25.1 Å². The van der Waals surface area contributed by atoms with E-state index >= 15 is 0 Å². The van der Waals surface area contributed by atoms with Crippen molar-refractivity contribution in [3.05, 3.63) is 24.2 Å². The normalized spacial score (nSPS) is 18.9. The summed E-state index contributed by atoms with van der Waals surface area (Å²) < 4.78 is 55.0. The second-order valence-electron chi connectivity index (χ2n) is 5.30. The van der Waals surface area contributed by atoms with Crippen molar-refractivity contribution in [2.75, 3.05) is 18.8 Å². The standard InChI is InChI=1S/C13H21NO5S2/c1-2-10-21(17,18)14-7-5-13(6-8-14)20(15,16)11-12-4-3-9-19-12/h3-4,9,13H,2,5-8,10-11H2,1H3. The molecule has 0 bridgehead atoms. The monoisotopic (exact) mass is 335 g/mol. The SMILES string of the molecule is CCCS(=O)(=O)N1CCC(S(=O)(=O)Cc2ccco2)CC1. The van der Waals surface area contributed by atoms with Crippen molar-refractivity contribution in [2.24, 2.45) is 0 Å². The molecule has 1 fully saturated rings. The number of furan rings is 1. The van der Waals surface area contributed by atoms with E-state index in [0.29, 0.717) is 25.0 Å². The maximum atomic E-state index is 12.3. The summed E-state index contributed by atoms with van der Waals surface area (Å²) in [4.78, 5) is 0. The van der Waals surface area contributed by atoms with Crippen LogP contribution in [0.5, 0.6) is 0 Å². The van der Waals surface area contributed by atoms with Gasteiger partial charge in [-0.3, -0.25) is 0 Å². The minimum absolute atomic E-state index is 0.119. The molecule has 0 spiro atoms. The fraction of sp³-hybridized carbons (Fsp3) is 0.692. The molecule has 1 saturated heterocycles. The third kappa shape index (κ3) is 4.08. The lowest BCUT2D eigenvalue weighted by atomic mass is 10.2. The van der Waals surface area contributed by atoms with Gasteiger partial charge < -0.3 is 4.42 Å². The highest BCUT2D eigenvalue weighted by Crippen LogP contribution is 2.23. The summed E-state index contributed by atoms with van der Waals surface area (Å²) in [6.45, 7) is 2.38. The Morgan fingerprint density at radius 1 is 1.24 bits per heavy atom. The number of piperidine rings is 1. The smallest absolute Gasteiger partial charge is 0.214 e.